The molecule has 3 aromatic carbocycles. The van der Waals surface area contributed by atoms with Gasteiger partial charge in [-0.05, 0) is 35.7 Å². The normalized spacial score (nSPS) is 11.8. The maximum Gasteiger partial charge on any atom is 0.255 e. The van der Waals surface area contributed by atoms with Crippen LogP contribution in [0.3, 0.4) is 0 Å². The summed E-state index contributed by atoms with van der Waals surface area (Å²) in [6.07, 6.45) is 0. The van der Waals surface area contributed by atoms with Crippen molar-refractivity contribution in [1.29, 1.82) is 0 Å². The van der Waals surface area contributed by atoms with Crippen LogP contribution in [-0.4, -0.2) is 11.7 Å². The first-order valence-corrected chi connectivity index (χ1v) is 7.81. The van der Waals surface area contributed by atoms with Crippen LogP contribution in [0.5, 0.6) is 0 Å². The van der Waals surface area contributed by atoms with E-state index in [0.29, 0.717) is 22.4 Å². The van der Waals surface area contributed by atoms with E-state index in [0.717, 1.165) is 16.7 Å². The third-order valence-electron chi connectivity index (χ3n) is 4.39. The van der Waals surface area contributed by atoms with Crippen LogP contribution in [-0.2, 0) is 0 Å². The van der Waals surface area contributed by atoms with Crippen LogP contribution in [0.2, 0.25) is 0 Å². The zero-order valence-corrected chi connectivity index (χ0v) is 13.2. The molecule has 1 aliphatic rings. The molecule has 0 saturated carbocycles. The second kappa shape index (κ2) is 5.46. The smallest absolute Gasteiger partial charge is 0.255 e. The van der Waals surface area contributed by atoms with E-state index in [4.69, 9.17) is 0 Å². The number of fused-ring (bicyclic) bond motifs is 3. The van der Waals surface area contributed by atoms with E-state index in [-0.39, 0.29) is 11.7 Å². The first-order chi connectivity index (χ1) is 11.7. The SMILES string of the molecule is Cc1ccccc1C(=O)Nc1cccc2c1C(=O)c1ccccc1-2. The summed E-state index contributed by atoms with van der Waals surface area (Å²) in [4.78, 5) is 25.3. The van der Waals surface area contributed by atoms with Gasteiger partial charge in [0.25, 0.3) is 5.91 Å². The van der Waals surface area contributed by atoms with Crippen molar-refractivity contribution in [3.63, 3.8) is 0 Å². The molecule has 1 N–H and O–H groups in total. The fourth-order valence-corrected chi connectivity index (χ4v) is 3.19. The Kier molecular flexibility index (Phi) is 3.28. The maximum atomic E-state index is 12.7. The monoisotopic (exact) mass is 313 g/mol. The van der Waals surface area contributed by atoms with Gasteiger partial charge in [-0.15, -0.1) is 0 Å². The number of benzene rings is 3. The average Bonchev–Trinajstić information content (AvgIpc) is 2.89. The van der Waals surface area contributed by atoms with Crippen molar-refractivity contribution in [2.75, 3.05) is 5.32 Å². The van der Waals surface area contributed by atoms with Gasteiger partial charge in [-0.1, -0.05) is 54.6 Å². The van der Waals surface area contributed by atoms with Crippen LogP contribution in [0.25, 0.3) is 11.1 Å². The molecule has 0 atom stereocenters. The Balaban J connectivity index is 1.76. The van der Waals surface area contributed by atoms with Crippen molar-refractivity contribution < 1.29 is 9.59 Å². The minimum absolute atomic E-state index is 0.0405. The highest BCUT2D eigenvalue weighted by atomic mass is 16.2. The van der Waals surface area contributed by atoms with Crippen LogP contribution >= 0.6 is 0 Å². The molecule has 1 aliphatic carbocycles. The summed E-state index contributed by atoms with van der Waals surface area (Å²) in [5.41, 5.74) is 5.12. The summed E-state index contributed by atoms with van der Waals surface area (Å²) in [6.45, 7) is 1.89. The molecule has 0 unspecified atom stereocenters. The molecule has 1 amide bonds. The molecular weight excluding hydrogens is 298 g/mol. The standard InChI is InChI=1S/C21H15NO2/c1-13-7-2-3-8-14(13)21(24)22-18-12-6-11-16-15-9-4-5-10-17(15)20(23)19(16)18/h2-12H,1H3,(H,22,24). The second-order valence-corrected chi connectivity index (χ2v) is 5.87. The average molecular weight is 313 g/mol. The Morgan fingerprint density at radius 3 is 2.25 bits per heavy atom. The van der Waals surface area contributed by atoms with Gasteiger partial charge in [0.2, 0.25) is 0 Å². The van der Waals surface area contributed by atoms with Crippen LogP contribution < -0.4 is 5.32 Å². The number of aryl methyl sites for hydroxylation is 1. The summed E-state index contributed by atoms with van der Waals surface area (Å²) in [6, 6.07) is 20.5. The van der Waals surface area contributed by atoms with Crippen molar-refractivity contribution in [2.24, 2.45) is 0 Å². The van der Waals surface area contributed by atoms with Gasteiger partial charge < -0.3 is 5.32 Å². The summed E-state index contributed by atoms with van der Waals surface area (Å²) >= 11 is 0. The molecular formula is C21H15NO2. The van der Waals surface area contributed by atoms with Gasteiger partial charge in [-0.2, -0.15) is 0 Å². The molecule has 24 heavy (non-hydrogen) atoms. The molecule has 0 saturated heterocycles. The van der Waals surface area contributed by atoms with Crippen LogP contribution in [0.4, 0.5) is 5.69 Å². The van der Waals surface area contributed by atoms with E-state index < -0.39 is 0 Å². The highest BCUT2D eigenvalue weighted by Crippen LogP contribution is 2.40. The molecule has 0 aromatic heterocycles. The predicted octanol–water partition coefficient (Wildman–Crippen LogP) is 4.46. The van der Waals surface area contributed by atoms with E-state index in [1.165, 1.54) is 0 Å². The fraction of sp³-hybridized carbons (Fsp3) is 0.0476. The van der Waals surface area contributed by atoms with E-state index >= 15 is 0 Å². The number of hydrogen-bond acceptors (Lipinski definition) is 2. The largest absolute Gasteiger partial charge is 0.321 e. The van der Waals surface area contributed by atoms with Gasteiger partial charge >= 0.3 is 0 Å². The number of carbonyl (C=O) groups excluding carboxylic acids is 2. The predicted molar refractivity (Wildman–Crippen MR) is 94.4 cm³/mol. The Morgan fingerprint density at radius 1 is 0.792 bits per heavy atom. The summed E-state index contributed by atoms with van der Waals surface area (Å²) in [7, 11) is 0. The third kappa shape index (κ3) is 2.14. The van der Waals surface area contributed by atoms with Gasteiger partial charge in [0.1, 0.15) is 0 Å². The number of nitrogens with one attached hydrogen (secondary N) is 1. The Morgan fingerprint density at radius 2 is 1.46 bits per heavy atom. The molecule has 4 rings (SSSR count). The lowest BCUT2D eigenvalue weighted by Gasteiger charge is -2.11. The van der Waals surface area contributed by atoms with E-state index in [1.54, 1.807) is 12.1 Å². The molecule has 3 nitrogen and oxygen atoms in total. The number of rotatable bonds is 2. The summed E-state index contributed by atoms with van der Waals surface area (Å²) < 4.78 is 0. The number of carbonyl (C=O) groups is 2. The Hall–Kier alpha value is -3.20. The summed E-state index contributed by atoms with van der Waals surface area (Å²) in [5, 5.41) is 2.90. The maximum absolute atomic E-state index is 12.7. The zero-order chi connectivity index (χ0) is 16.7. The van der Waals surface area contributed by atoms with Crippen molar-refractivity contribution in [1.82, 2.24) is 0 Å². The molecule has 0 fully saturated rings. The minimum Gasteiger partial charge on any atom is -0.321 e. The second-order valence-electron chi connectivity index (χ2n) is 5.87. The van der Waals surface area contributed by atoms with Crippen molar-refractivity contribution in [2.45, 2.75) is 6.92 Å². The molecule has 0 spiro atoms. The molecule has 0 aliphatic heterocycles. The van der Waals surface area contributed by atoms with E-state index in [1.807, 2.05) is 61.5 Å². The lowest BCUT2D eigenvalue weighted by molar-refractivity contribution is 0.102. The molecule has 3 heteroatoms. The highest BCUT2D eigenvalue weighted by Gasteiger charge is 2.29. The zero-order valence-electron chi connectivity index (χ0n) is 13.2. The lowest BCUT2D eigenvalue weighted by atomic mass is 10.0. The number of anilines is 1. The number of amides is 1. The van der Waals surface area contributed by atoms with Gasteiger partial charge in [-0.25, -0.2) is 0 Å². The highest BCUT2D eigenvalue weighted by molar-refractivity contribution is 6.25. The van der Waals surface area contributed by atoms with Crippen LogP contribution in [0, 0.1) is 6.92 Å². The van der Waals surface area contributed by atoms with E-state index in [2.05, 4.69) is 5.32 Å². The van der Waals surface area contributed by atoms with Crippen molar-refractivity contribution in [3.05, 3.63) is 89.0 Å². The van der Waals surface area contributed by atoms with Crippen molar-refractivity contribution in [3.8, 4) is 11.1 Å². The molecule has 116 valence electrons. The van der Waals surface area contributed by atoms with Crippen LogP contribution in [0.15, 0.2) is 66.7 Å². The van der Waals surface area contributed by atoms with Crippen LogP contribution in [0.1, 0.15) is 31.8 Å². The quantitative estimate of drug-likeness (QED) is 0.594. The summed E-state index contributed by atoms with van der Waals surface area (Å²) in [5.74, 6) is -0.244. The minimum atomic E-state index is -0.203. The molecule has 0 heterocycles. The van der Waals surface area contributed by atoms with Gasteiger partial charge in [0.15, 0.2) is 5.78 Å². The molecule has 0 radical (unpaired) electrons. The third-order valence-corrected chi connectivity index (χ3v) is 4.39. The Bertz CT molecular complexity index is 989. The fourth-order valence-electron chi connectivity index (χ4n) is 3.19. The van der Waals surface area contributed by atoms with Gasteiger partial charge in [0, 0.05) is 11.1 Å². The molecule has 0 bridgehead atoms. The molecule has 3 aromatic rings. The number of ketones is 1. The van der Waals surface area contributed by atoms with E-state index in [9.17, 15) is 9.59 Å². The topological polar surface area (TPSA) is 46.2 Å². The first kappa shape index (κ1) is 14.4. The first-order valence-electron chi connectivity index (χ1n) is 7.81. The van der Waals surface area contributed by atoms with Gasteiger partial charge in [-0.3, -0.25) is 9.59 Å². The number of hydrogen-bond donors (Lipinski definition) is 1. The lowest BCUT2D eigenvalue weighted by Crippen LogP contribution is -2.15. The Labute approximate surface area is 140 Å². The van der Waals surface area contributed by atoms with Crippen molar-refractivity contribution >= 4 is 17.4 Å². The van der Waals surface area contributed by atoms with Gasteiger partial charge in [0.05, 0.1) is 11.3 Å².